The molecule has 0 fully saturated rings. The Morgan fingerprint density at radius 1 is 1.12 bits per heavy atom. The Balaban J connectivity index is 1.87. The van der Waals surface area contributed by atoms with Gasteiger partial charge < -0.3 is 9.26 Å². The highest BCUT2D eigenvalue weighted by Gasteiger charge is 2.12. The fourth-order valence-corrected chi connectivity index (χ4v) is 2.34. The maximum Gasteiger partial charge on any atom is 0.258 e. The lowest BCUT2D eigenvalue weighted by Gasteiger charge is -2.12. The number of ether oxygens (including phenoxy) is 1. The standard InChI is InChI=1S/C18H18BN3O2/c1-11(2)23-16-9-6-13(10-15(16)19)17-21-18(24-22-17)12-4-7-14(20-3)8-5-12/h4-11H,3,19H2,1-2H3. The zero-order valence-corrected chi connectivity index (χ0v) is 14.0. The summed E-state index contributed by atoms with van der Waals surface area (Å²) in [5, 5.41) is 4.07. The summed E-state index contributed by atoms with van der Waals surface area (Å²) in [5.74, 6) is 1.89. The first-order valence-electron chi connectivity index (χ1n) is 7.75. The topological polar surface area (TPSA) is 60.5 Å². The molecule has 3 aromatic rings. The van der Waals surface area contributed by atoms with E-state index in [4.69, 9.17) is 9.26 Å². The first-order chi connectivity index (χ1) is 11.6. The van der Waals surface area contributed by atoms with Crippen molar-refractivity contribution in [2.45, 2.75) is 20.0 Å². The normalized spacial score (nSPS) is 10.8. The van der Waals surface area contributed by atoms with Crippen LogP contribution in [0.5, 0.6) is 5.75 Å². The fraction of sp³-hybridized carbons (Fsp3) is 0.167. The van der Waals surface area contributed by atoms with Gasteiger partial charge in [0.1, 0.15) is 13.6 Å². The zero-order valence-electron chi connectivity index (χ0n) is 14.0. The van der Waals surface area contributed by atoms with E-state index in [9.17, 15) is 0 Å². The Kier molecular flexibility index (Phi) is 4.47. The molecule has 1 heterocycles. The number of nitrogens with zero attached hydrogens (tertiary/aromatic N) is 3. The van der Waals surface area contributed by atoms with Crippen LogP contribution in [0.2, 0.25) is 0 Å². The molecule has 0 amide bonds. The van der Waals surface area contributed by atoms with Gasteiger partial charge in [0.05, 0.1) is 11.8 Å². The lowest BCUT2D eigenvalue weighted by atomic mass is 9.93. The van der Waals surface area contributed by atoms with Crippen LogP contribution in [-0.4, -0.2) is 30.8 Å². The zero-order chi connectivity index (χ0) is 17.1. The summed E-state index contributed by atoms with van der Waals surface area (Å²) in [6, 6.07) is 13.3. The Hall–Kier alpha value is -2.89. The van der Waals surface area contributed by atoms with E-state index in [0.717, 1.165) is 28.0 Å². The molecular formula is C18H18BN3O2. The Morgan fingerprint density at radius 2 is 1.83 bits per heavy atom. The van der Waals surface area contributed by atoms with E-state index in [1.54, 1.807) is 0 Å². The predicted octanol–water partition coefficient (Wildman–Crippen LogP) is 2.78. The van der Waals surface area contributed by atoms with Gasteiger partial charge in [-0.3, -0.25) is 4.99 Å². The number of aromatic nitrogens is 2. The molecule has 3 rings (SSSR count). The van der Waals surface area contributed by atoms with Gasteiger partial charge >= 0.3 is 0 Å². The van der Waals surface area contributed by atoms with Crippen LogP contribution in [0.3, 0.4) is 0 Å². The highest BCUT2D eigenvalue weighted by atomic mass is 16.5. The van der Waals surface area contributed by atoms with Crippen molar-refractivity contribution in [3.05, 3.63) is 42.5 Å². The molecule has 0 atom stereocenters. The largest absolute Gasteiger partial charge is 0.492 e. The van der Waals surface area contributed by atoms with Crippen LogP contribution >= 0.6 is 0 Å². The summed E-state index contributed by atoms with van der Waals surface area (Å²) in [6.45, 7) is 7.51. The molecule has 0 saturated heterocycles. The van der Waals surface area contributed by atoms with Crippen molar-refractivity contribution in [1.29, 1.82) is 0 Å². The summed E-state index contributed by atoms with van der Waals surface area (Å²) in [5.41, 5.74) is 3.57. The van der Waals surface area contributed by atoms with Crippen LogP contribution in [0.15, 0.2) is 52.0 Å². The fourth-order valence-electron chi connectivity index (χ4n) is 2.34. The molecule has 6 heteroatoms. The molecule has 0 unspecified atom stereocenters. The SMILES string of the molecule is Bc1cc(-c2noc(-c3ccc(N=C)cc3)n2)ccc1OC(C)C. The lowest BCUT2D eigenvalue weighted by Crippen LogP contribution is -2.14. The molecule has 2 aromatic carbocycles. The van der Waals surface area contributed by atoms with Crippen LogP contribution in [0.4, 0.5) is 5.69 Å². The van der Waals surface area contributed by atoms with Crippen molar-refractivity contribution in [3.63, 3.8) is 0 Å². The van der Waals surface area contributed by atoms with Crippen molar-refractivity contribution in [1.82, 2.24) is 10.1 Å². The van der Waals surface area contributed by atoms with E-state index in [1.807, 2.05) is 64.2 Å². The first-order valence-corrected chi connectivity index (χ1v) is 7.75. The molecule has 0 spiro atoms. The van der Waals surface area contributed by atoms with Gasteiger partial charge in [0, 0.05) is 11.1 Å². The molecule has 120 valence electrons. The minimum atomic E-state index is 0.138. The molecular weight excluding hydrogens is 301 g/mol. The van der Waals surface area contributed by atoms with Gasteiger partial charge in [-0.15, -0.1) is 0 Å². The second-order valence-corrected chi connectivity index (χ2v) is 5.78. The minimum Gasteiger partial charge on any atom is -0.492 e. The van der Waals surface area contributed by atoms with E-state index >= 15 is 0 Å². The van der Waals surface area contributed by atoms with Crippen LogP contribution in [0, 0.1) is 0 Å². The number of rotatable bonds is 5. The number of aliphatic imine (C=N–C) groups is 1. The quantitative estimate of drug-likeness (QED) is 0.536. The third kappa shape index (κ3) is 3.37. The minimum absolute atomic E-state index is 0.138. The van der Waals surface area contributed by atoms with E-state index in [2.05, 4.69) is 21.9 Å². The molecule has 0 aliphatic heterocycles. The van der Waals surface area contributed by atoms with E-state index in [0.29, 0.717) is 11.7 Å². The van der Waals surface area contributed by atoms with E-state index < -0.39 is 0 Å². The average Bonchev–Trinajstić information content (AvgIpc) is 3.06. The van der Waals surface area contributed by atoms with Crippen molar-refractivity contribution >= 4 is 25.7 Å². The summed E-state index contributed by atoms with van der Waals surface area (Å²) < 4.78 is 11.1. The van der Waals surface area contributed by atoms with Crippen molar-refractivity contribution < 1.29 is 9.26 Å². The third-order valence-corrected chi connectivity index (χ3v) is 3.52. The molecule has 0 bridgehead atoms. The van der Waals surface area contributed by atoms with Gasteiger partial charge in [0.25, 0.3) is 5.89 Å². The number of benzene rings is 2. The molecule has 1 aromatic heterocycles. The van der Waals surface area contributed by atoms with Gasteiger partial charge in [-0.2, -0.15) is 4.98 Å². The summed E-state index contributed by atoms with van der Waals surface area (Å²) in [7, 11) is 2.00. The maximum absolute atomic E-state index is 5.75. The molecule has 24 heavy (non-hydrogen) atoms. The highest BCUT2D eigenvalue weighted by Crippen LogP contribution is 2.24. The Bertz CT molecular complexity index is 857. The lowest BCUT2D eigenvalue weighted by molar-refractivity contribution is 0.244. The Labute approximate surface area is 141 Å². The monoisotopic (exact) mass is 319 g/mol. The van der Waals surface area contributed by atoms with Crippen molar-refractivity contribution in [3.8, 4) is 28.6 Å². The molecule has 0 saturated carbocycles. The van der Waals surface area contributed by atoms with Crippen molar-refractivity contribution in [2.75, 3.05) is 0 Å². The summed E-state index contributed by atoms with van der Waals surface area (Å²) in [4.78, 5) is 8.34. The predicted molar refractivity (Wildman–Crippen MR) is 98.3 cm³/mol. The van der Waals surface area contributed by atoms with Crippen LogP contribution in [0.25, 0.3) is 22.8 Å². The third-order valence-electron chi connectivity index (χ3n) is 3.52. The van der Waals surface area contributed by atoms with Gasteiger partial charge in [0.2, 0.25) is 5.82 Å². The van der Waals surface area contributed by atoms with Gasteiger partial charge in [0.15, 0.2) is 0 Å². The maximum atomic E-state index is 5.75. The van der Waals surface area contributed by atoms with Crippen LogP contribution < -0.4 is 10.2 Å². The van der Waals surface area contributed by atoms with Crippen LogP contribution in [0.1, 0.15) is 13.8 Å². The van der Waals surface area contributed by atoms with E-state index in [-0.39, 0.29) is 6.10 Å². The molecule has 0 radical (unpaired) electrons. The first kappa shape index (κ1) is 16.0. The Morgan fingerprint density at radius 3 is 2.46 bits per heavy atom. The second-order valence-electron chi connectivity index (χ2n) is 5.78. The average molecular weight is 319 g/mol. The van der Waals surface area contributed by atoms with Gasteiger partial charge in [-0.1, -0.05) is 11.2 Å². The number of hydrogen-bond donors (Lipinski definition) is 0. The molecule has 0 N–H and O–H groups in total. The highest BCUT2D eigenvalue weighted by molar-refractivity contribution is 6.34. The second kappa shape index (κ2) is 6.70. The van der Waals surface area contributed by atoms with Crippen molar-refractivity contribution in [2.24, 2.45) is 4.99 Å². The molecule has 5 nitrogen and oxygen atoms in total. The smallest absolute Gasteiger partial charge is 0.258 e. The molecule has 0 aliphatic rings. The summed E-state index contributed by atoms with van der Waals surface area (Å²) >= 11 is 0. The summed E-state index contributed by atoms with van der Waals surface area (Å²) in [6.07, 6.45) is 0.138. The molecule has 0 aliphatic carbocycles. The number of hydrogen-bond acceptors (Lipinski definition) is 5. The van der Waals surface area contributed by atoms with E-state index in [1.165, 1.54) is 0 Å². The van der Waals surface area contributed by atoms with Crippen LogP contribution in [-0.2, 0) is 0 Å². The van der Waals surface area contributed by atoms with Gasteiger partial charge in [-0.05, 0) is 62.4 Å². The van der Waals surface area contributed by atoms with Gasteiger partial charge in [-0.25, -0.2) is 0 Å².